The number of carbonyl (C=O) groups is 1. The third-order valence-electron chi connectivity index (χ3n) is 5.82. The van der Waals surface area contributed by atoms with Gasteiger partial charge in [-0.1, -0.05) is 110 Å². The third kappa shape index (κ3) is 4.28. The van der Waals surface area contributed by atoms with E-state index in [1.54, 1.807) is 0 Å². The molecule has 4 heteroatoms. The van der Waals surface area contributed by atoms with E-state index in [2.05, 4.69) is 5.32 Å². The molecule has 1 unspecified atom stereocenters. The van der Waals surface area contributed by atoms with E-state index in [0.717, 1.165) is 28.7 Å². The van der Waals surface area contributed by atoms with Gasteiger partial charge in [0.1, 0.15) is 6.04 Å². The molecule has 0 aliphatic carbocycles. The summed E-state index contributed by atoms with van der Waals surface area (Å²) in [5.74, 6) is -0.942. The van der Waals surface area contributed by atoms with Crippen LogP contribution in [0.5, 0.6) is 0 Å². The van der Waals surface area contributed by atoms with E-state index in [0.29, 0.717) is 5.02 Å². The number of carboxylic acid groups (broad SMARTS) is 1. The van der Waals surface area contributed by atoms with Crippen molar-refractivity contribution in [3.05, 3.63) is 106 Å². The van der Waals surface area contributed by atoms with Crippen LogP contribution in [0.4, 0.5) is 0 Å². The van der Waals surface area contributed by atoms with Gasteiger partial charge in [-0.05, 0) is 35.6 Å². The number of nitrogens with one attached hydrogen (secondary N) is 1. The lowest BCUT2D eigenvalue weighted by molar-refractivity contribution is -0.141. The molecule has 3 atom stereocenters. The number of hydrogen-bond acceptors (Lipinski definition) is 2. The summed E-state index contributed by atoms with van der Waals surface area (Å²) in [7, 11) is 0. The van der Waals surface area contributed by atoms with Crippen molar-refractivity contribution < 1.29 is 9.90 Å². The Balaban J connectivity index is 2.36. The minimum Gasteiger partial charge on any atom is -0.480 e. The van der Waals surface area contributed by atoms with Gasteiger partial charge >= 0.3 is 5.97 Å². The number of benzene rings is 3. The maximum atomic E-state index is 12.3. The summed E-state index contributed by atoms with van der Waals surface area (Å²) in [5, 5.41) is 14.2. The van der Waals surface area contributed by atoms with Gasteiger partial charge in [0.25, 0.3) is 0 Å². The van der Waals surface area contributed by atoms with Gasteiger partial charge in [-0.15, -0.1) is 0 Å². The Hall–Kier alpha value is -2.62. The van der Waals surface area contributed by atoms with Gasteiger partial charge in [0.2, 0.25) is 0 Å². The molecule has 0 aromatic heterocycles. The first-order valence-corrected chi connectivity index (χ1v) is 10.7. The van der Waals surface area contributed by atoms with Gasteiger partial charge in [-0.3, -0.25) is 10.1 Å². The van der Waals surface area contributed by atoms with Crippen molar-refractivity contribution in [3.63, 3.8) is 0 Å². The Bertz CT molecular complexity index is 987. The summed E-state index contributed by atoms with van der Waals surface area (Å²) >= 11 is 6.73. The Morgan fingerprint density at radius 3 is 2.10 bits per heavy atom. The van der Waals surface area contributed by atoms with Crippen molar-refractivity contribution in [2.75, 3.05) is 0 Å². The largest absolute Gasteiger partial charge is 0.480 e. The zero-order valence-electron chi connectivity index (χ0n) is 17.6. The quantitative estimate of drug-likeness (QED) is 0.436. The predicted octanol–water partition coefficient (Wildman–Crippen LogP) is 6.03. The van der Waals surface area contributed by atoms with Crippen molar-refractivity contribution in [1.29, 1.82) is 0 Å². The molecule has 3 nitrogen and oxygen atoms in total. The number of aryl methyl sites for hydroxylation is 1. The summed E-state index contributed by atoms with van der Waals surface area (Å²) in [6.45, 7) is 6.01. The molecule has 0 fully saturated rings. The van der Waals surface area contributed by atoms with Crippen LogP contribution >= 0.6 is 11.6 Å². The zero-order valence-corrected chi connectivity index (χ0v) is 18.4. The van der Waals surface area contributed by atoms with Crippen LogP contribution in [0.15, 0.2) is 78.9 Å². The van der Waals surface area contributed by atoms with Gasteiger partial charge in [-0.2, -0.15) is 0 Å². The van der Waals surface area contributed by atoms with Gasteiger partial charge in [0.05, 0.1) is 5.54 Å². The van der Waals surface area contributed by atoms with Crippen LogP contribution in [0.3, 0.4) is 0 Å². The van der Waals surface area contributed by atoms with Gasteiger partial charge in [0.15, 0.2) is 0 Å². The molecule has 0 amide bonds. The molecule has 3 rings (SSSR count). The molecule has 0 spiro atoms. The number of carboxylic acids is 1. The highest BCUT2D eigenvalue weighted by atomic mass is 35.5. The highest BCUT2D eigenvalue weighted by Crippen LogP contribution is 2.41. The lowest BCUT2D eigenvalue weighted by Crippen LogP contribution is -2.55. The van der Waals surface area contributed by atoms with E-state index in [-0.39, 0.29) is 5.92 Å². The number of aliphatic carboxylic acids is 1. The molecule has 0 bridgehead atoms. The van der Waals surface area contributed by atoms with Crippen LogP contribution in [0.1, 0.15) is 42.5 Å². The van der Waals surface area contributed by atoms with Gasteiger partial charge in [-0.25, -0.2) is 0 Å². The van der Waals surface area contributed by atoms with E-state index in [1.165, 1.54) is 0 Å². The summed E-state index contributed by atoms with van der Waals surface area (Å²) in [6.07, 6.45) is 0.741. The van der Waals surface area contributed by atoms with Crippen molar-refractivity contribution in [2.45, 2.75) is 38.8 Å². The molecule has 0 heterocycles. The lowest BCUT2D eigenvalue weighted by Gasteiger charge is -2.41. The highest BCUT2D eigenvalue weighted by molar-refractivity contribution is 6.31. The fourth-order valence-electron chi connectivity index (χ4n) is 3.90. The maximum Gasteiger partial charge on any atom is 0.321 e. The fraction of sp³-hybridized carbons (Fsp3) is 0.269. The number of hydrogen-bond donors (Lipinski definition) is 2. The molecule has 0 aliphatic rings. The molecular formula is C26H28ClNO2. The average Bonchev–Trinajstić information content (AvgIpc) is 2.76. The van der Waals surface area contributed by atoms with Crippen molar-refractivity contribution in [2.24, 2.45) is 5.92 Å². The minimum atomic E-state index is -0.917. The topological polar surface area (TPSA) is 49.3 Å². The van der Waals surface area contributed by atoms with E-state index in [1.807, 2.05) is 99.6 Å². The molecule has 0 saturated carbocycles. The second kappa shape index (κ2) is 9.46. The smallest absolute Gasteiger partial charge is 0.321 e. The predicted molar refractivity (Wildman–Crippen MR) is 123 cm³/mol. The molecule has 0 saturated heterocycles. The van der Waals surface area contributed by atoms with Gasteiger partial charge in [0, 0.05) is 5.02 Å². The van der Waals surface area contributed by atoms with Crippen LogP contribution in [-0.2, 0) is 10.3 Å². The van der Waals surface area contributed by atoms with Gasteiger partial charge < -0.3 is 5.11 Å². The summed E-state index contributed by atoms with van der Waals surface area (Å²) in [6, 6.07) is 25.0. The molecule has 2 N–H and O–H groups in total. The lowest BCUT2D eigenvalue weighted by atomic mass is 9.75. The average molecular weight is 422 g/mol. The van der Waals surface area contributed by atoms with Crippen molar-refractivity contribution >= 4 is 17.6 Å². The Kier molecular flexibility index (Phi) is 6.96. The molecule has 30 heavy (non-hydrogen) atoms. The molecule has 3 aromatic rings. The van der Waals surface area contributed by atoms with Crippen LogP contribution < -0.4 is 5.32 Å². The van der Waals surface area contributed by atoms with Crippen LogP contribution in [0, 0.1) is 12.8 Å². The standard InChI is InChI=1S/C26H28ClNO2/c1-4-19(3)24(25(29)30)28-26(20-10-6-5-7-11-20,21-16-14-18(2)15-17-21)22-12-8-9-13-23(22)27/h5-17,19,24,28H,4H2,1-3H3,(H,29,30)/t19-,24-,26?/m0/s1. The monoisotopic (exact) mass is 421 g/mol. The van der Waals surface area contributed by atoms with E-state index < -0.39 is 17.6 Å². The molecule has 156 valence electrons. The van der Waals surface area contributed by atoms with E-state index in [9.17, 15) is 9.90 Å². The second-order valence-electron chi connectivity index (χ2n) is 7.81. The number of rotatable bonds is 8. The fourth-order valence-corrected chi connectivity index (χ4v) is 4.17. The summed E-state index contributed by atoms with van der Waals surface area (Å²) in [4.78, 5) is 12.3. The SMILES string of the molecule is CC[C@H](C)[C@H](NC(c1ccccc1)(c1ccc(C)cc1)c1ccccc1Cl)C(=O)O. The second-order valence-corrected chi connectivity index (χ2v) is 8.21. The Morgan fingerprint density at radius 1 is 0.967 bits per heavy atom. The zero-order chi connectivity index (χ0) is 21.7. The molecule has 0 aliphatic heterocycles. The minimum absolute atomic E-state index is 0.0708. The Labute approximate surface area is 183 Å². The first kappa shape index (κ1) is 22.1. The molecule has 0 radical (unpaired) electrons. The van der Waals surface area contributed by atoms with Crippen LogP contribution in [0.2, 0.25) is 5.02 Å². The number of halogens is 1. The van der Waals surface area contributed by atoms with E-state index >= 15 is 0 Å². The Morgan fingerprint density at radius 2 is 1.53 bits per heavy atom. The third-order valence-corrected chi connectivity index (χ3v) is 6.15. The highest BCUT2D eigenvalue weighted by Gasteiger charge is 2.42. The summed E-state index contributed by atoms with van der Waals surface area (Å²) < 4.78 is 0. The van der Waals surface area contributed by atoms with Crippen LogP contribution in [-0.4, -0.2) is 17.1 Å². The van der Waals surface area contributed by atoms with E-state index in [4.69, 9.17) is 11.6 Å². The normalized spacial score (nSPS) is 15.2. The summed E-state index contributed by atoms with van der Waals surface area (Å²) in [5.41, 5.74) is 2.94. The van der Waals surface area contributed by atoms with Crippen LogP contribution in [0.25, 0.3) is 0 Å². The first-order valence-electron chi connectivity index (χ1n) is 10.3. The van der Waals surface area contributed by atoms with Crippen molar-refractivity contribution in [3.8, 4) is 0 Å². The van der Waals surface area contributed by atoms with Crippen molar-refractivity contribution in [1.82, 2.24) is 5.32 Å². The first-order chi connectivity index (χ1) is 14.4. The maximum absolute atomic E-state index is 12.3. The molecule has 3 aromatic carbocycles. The molecular weight excluding hydrogens is 394 g/mol.